The molecule has 1 aliphatic heterocycles. The fraction of sp³-hybridized carbons (Fsp3) is 0.500. The Balaban J connectivity index is 0.00000242. The number of nitrogens with one attached hydrogen (secondary N) is 1. The van der Waals surface area contributed by atoms with Gasteiger partial charge in [-0.05, 0) is 36.6 Å². The summed E-state index contributed by atoms with van der Waals surface area (Å²) in [7, 11) is 0. The Bertz CT molecular complexity index is 517. The van der Waals surface area contributed by atoms with Crippen LogP contribution in [0.3, 0.4) is 0 Å². The van der Waals surface area contributed by atoms with Crippen LogP contribution in [0.15, 0.2) is 18.2 Å². The number of hydrogen-bond acceptors (Lipinski definition) is 3. The molecule has 4 nitrogen and oxygen atoms in total. The molecule has 1 aromatic carbocycles. The first-order chi connectivity index (χ1) is 9.88. The number of ether oxygens (including phenoxy) is 1. The lowest BCUT2D eigenvalue weighted by Gasteiger charge is -2.13. The van der Waals surface area contributed by atoms with Gasteiger partial charge < -0.3 is 15.8 Å². The van der Waals surface area contributed by atoms with E-state index in [4.69, 9.17) is 10.5 Å². The molecule has 1 atom stereocenters. The van der Waals surface area contributed by atoms with Gasteiger partial charge in [0.05, 0.1) is 18.1 Å². The maximum absolute atomic E-state index is 12.8. The third-order valence-corrected chi connectivity index (χ3v) is 3.28. The molecule has 22 heavy (non-hydrogen) atoms. The van der Waals surface area contributed by atoms with Gasteiger partial charge in [0.15, 0.2) is 0 Å². The molecule has 1 amide bonds. The van der Waals surface area contributed by atoms with Crippen LogP contribution in [0.5, 0.6) is 0 Å². The van der Waals surface area contributed by atoms with Crippen LogP contribution in [0.1, 0.15) is 30.4 Å². The molecule has 1 aliphatic rings. The summed E-state index contributed by atoms with van der Waals surface area (Å²) < 4.78 is 43.7. The maximum atomic E-state index is 12.8. The van der Waals surface area contributed by atoms with E-state index in [2.05, 4.69) is 5.32 Å². The Labute approximate surface area is 132 Å². The van der Waals surface area contributed by atoms with Crippen molar-refractivity contribution in [2.75, 3.05) is 11.9 Å². The van der Waals surface area contributed by atoms with E-state index in [1.807, 2.05) is 0 Å². The lowest BCUT2D eigenvalue weighted by molar-refractivity contribution is -0.137. The Hall–Kier alpha value is -1.31. The highest BCUT2D eigenvalue weighted by molar-refractivity contribution is 5.91. The number of halogens is 4. The van der Waals surface area contributed by atoms with E-state index < -0.39 is 11.7 Å². The van der Waals surface area contributed by atoms with Crippen molar-refractivity contribution < 1.29 is 22.7 Å². The van der Waals surface area contributed by atoms with Crippen LogP contribution >= 0.6 is 12.4 Å². The van der Waals surface area contributed by atoms with Gasteiger partial charge in [0, 0.05) is 18.8 Å². The van der Waals surface area contributed by atoms with E-state index in [1.165, 1.54) is 6.07 Å². The van der Waals surface area contributed by atoms with Crippen molar-refractivity contribution in [2.24, 2.45) is 5.73 Å². The predicted octanol–water partition coefficient (Wildman–Crippen LogP) is 3.09. The van der Waals surface area contributed by atoms with Gasteiger partial charge in [-0.15, -0.1) is 12.4 Å². The second-order valence-corrected chi connectivity index (χ2v) is 5.01. The van der Waals surface area contributed by atoms with Gasteiger partial charge in [-0.2, -0.15) is 13.2 Å². The molecule has 0 spiro atoms. The highest BCUT2D eigenvalue weighted by atomic mass is 35.5. The fourth-order valence-corrected chi connectivity index (χ4v) is 2.27. The minimum Gasteiger partial charge on any atom is -0.378 e. The molecule has 2 rings (SSSR count). The Morgan fingerprint density at radius 3 is 2.64 bits per heavy atom. The standard InChI is InChI=1S/C14H17F3N2O2.ClH/c15-14(16,17)10-4-9(8-18)5-11(6-10)19-13(20)7-12-2-1-3-21-12;/h4-6,12H,1-3,7-8,18H2,(H,19,20);1H. The third kappa shape index (κ3) is 5.15. The molecule has 3 N–H and O–H groups in total. The van der Waals surface area contributed by atoms with E-state index in [0.29, 0.717) is 12.2 Å². The van der Waals surface area contributed by atoms with Crippen molar-refractivity contribution in [3.63, 3.8) is 0 Å². The molecule has 8 heteroatoms. The van der Waals surface area contributed by atoms with Crippen molar-refractivity contribution in [1.29, 1.82) is 0 Å². The summed E-state index contributed by atoms with van der Waals surface area (Å²) in [6, 6.07) is 3.34. The summed E-state index contributed by atoms with van der Waals surface area (Å²) in [5, 5.41) is 2.48. The van der Waals surface area contributed by atoms with E-state index in [0.717, 1.165) is 25.0 Å². The number of rotatable bonds is 4. The highest BCUT2D eigenvalue weighted by Gasteiger charge is 2.31. The van der Waals surface area contributed by atoms with Crippen LogP contribution in [0.2, 0.25) is 0 Å². The number of benzene rings is 1. The van der Waals surface area contributed by atoms with Gasteiger partial charge in [-0.25, -0.2) is 0 Å². The van der Waals surface area contributed by atoms with Gasteiger partial charge in [-0.3, -0.25) is 4.79 Å². The van der Waals surface area contributed by atoms with Crippen LogP contribution in [-0.2, 0) is 22.3 Å². The molecule has 1 heterocycles. The van der Waals surface area contributed by atoms with Gasteiger partial charge in [0.2, 0.25) is 5.91 Å². The summed E-state index contributed by atoms with van der Waals surface area (Å²) >= 11 is 0. The number of carbonyl (C=O) groups is 1. The van der Waals surface area contributed by atoms with Crippen molar-refractivity contribution in [2.45, 2.75) is 38.1 Å². The van der Waals surface area contributed by atoms with Crippen molar-refractivity contribution in [3.05, 3.63) is 29.3 Å². The number of amides is 1. The van der Waals surface area contributed by atoms with Gasteiger partial charge >= 0.3 is 6.18 Å². The molecule has 0 aliphatic carbocycles. The average molecular weight is 339 g/mol. The summed E-state index contributed by atoms with van der Waals surface area (Å²) in [4.78, 5) is 11.8. The van der Waals surface area contributed by atoms with Crippen LogP contribution in [0.25, 0.3) is 0 Å². The summed E-state index contributed by atoms with van der Waals surface area (Å²) in [5.41, 5.74) is 4.99. The van der Waals surface area contributed by atoms with E-state index in [-0.39, 0.29) is 43.1 Å². The first-order valence-electron chi connectivity index (χ1n) is 6.71. The van der Waals surface area contributed by atoms with Gasteiger partial charge in [0.1, 0.15) is 0 Å². The number of hydrogen-bond donors (Lipinski definition) is 2. The Morgan fingerprint density at radius 1 is 1.36 bits per heavy atom. The minimum absolute atomic E-state index is 0. The molecule has 0 aromatic heterocycles. The van der Waals surface area contributed by atoms with Gasteiger partial charge in [-0.1, -0.05) is 0 Å². The van der Waals surface area contributed by atoms with Crippen molar-refractivity contribution in [1.82, 2.24) is 0 Å². The summed E-state index contributed by atoms with van der Waals surface area (Å²) in [6.07, 6.45) is -2.78. The first-order valence-corrected chi connectivity index (χ1v) is 6.71. The Kier molecular flexibility index (Phi) is 6.65. The predicted molar refractivity (Wildman–Crippen MR) is 78.8 cm³/mol. The lowest BCUT2D eigenvalue weighted by atomic mass is 10.1. The van der Waals surface area contributed by atoms with E-state index in [1.54, 1.807) is 0 Å². The molecular formula is C14H18ClF3N2O2. The molecular weight excluding hydrogens is 321 g/mol. The fourth-order valence-electron chi connectivity index (χ4n) is 2.27. The van der Waals surface area contributed by atoms with Crippen LogP contribution in [0, 0.1) is 0 Å². The number of nitrogens with two attached hydrogens (primary N) is 1. The van der Waals surface area contributed by atoms with E-state index >= 15 is 0 Å². The second-order valence-electron chi connectivity index (χ2n) is 5.01. The normalized spacial score (nSPS) is 17.9. The molecule has 1 unspecified atom stereocenters. The first kappa shape index (κ1) is 18.7. The number of carbonyl (C=O) groups excluding carboxylic acids is 1. The minimum atomic E-state index is -4.47. The van der Waals surface area contributed by atoms with E-state index in [9.17, 15) is 18.0 Å². The lowest BCUT2D eigenvalue weighted by Crippen LogP contribution is -2.20. The molecule has 124 valence electrons. The smallest absolute Gasteiger partial charge is 0.378 e. The monoisotopic (exact) mass is 338 g/mol. The Morgan fingerprint density at radius 2 is 2.09 bits per heavy atom. The molecule has 1 saturated heterocycles. The average Bonchev–Trinajstić information content (AvgIpc) is 2.89. The molecule has 0 radical (unpaired) electrons. The summed E-state index contributed by atoms with van der Waals surface area (Å²) in [5.74, 6) is -0.357. The zero-order chi connectivity index (χ0) is 15.5. The SMILES string of the molecule is Cl.NCc1cc(NC(=O)CC2CCCO2)cc(C(F)(F)F)c1. The number of anilines is 1. The molecule has 0 bridgehead atoms. The maximum Gasteiger partial charge on any atom is 0.416 e. The largest absolute Gasteiger partial charge is 0.416 e. The van der Waals surface area contributed by atoms with Crippen LogP contribution in [-0.4, -0.2) is 18.6 Å². The van der Waals surface area contributed by atoms with Gasteiger partial charge in [0.25, 0.3) is 0 Å². The topological polar surface area (TPSA) is 64.3 Å². The molecule has 1 aromatic rings. The zero-order valence-electron chi connectivity index (χ0n) is 11.8. The zero-order valence-corrected chi connectivity index (χ0v) is 12.6. The number of alkyl halides is 3. The van der Waals surface area contributed by atoms with Crippen molar-refractivity contribution >= 4 is 24.0 Å². The summed E-state index contributed by atoms with van der Waals surface area (Å²) in [6.45, 7) is 0.595. The second kappa shape index (κ2) is 7.80. The molecule has 1 fully saturated rings. The highest BCUT2D eigenvalue weighted by Crippen LogP contribution is 2.32. The van der Waals surface area contributed by atoms with Crippen molar-refractivity contribution in [3.8, 4) is 0 Å². The van der Waals surface area contributed by atoms with Crippen LogP contribution < -0.4 is 11.1 Å². The molecule has 0 saturated carbocycles. The quantitative estimate of drug-likeness (QED) is 0.886. The van der Waals surface area contributed by atoms with Crippen LogP contribution in [0.4, 0.5) is 18.9 Å². The third-order valence-electron chi connectivity index (χ3n) is 3.28.